The third-order valence-corrected chi connectivity index (χ3v) is 2.46. The monoisotopic (exact) mass is 261 g/mol. The molecule has 1 N–H and O–H groups in total. The lowest BCUT2D eigenvalue weighted by Crippen LogP contribution is -2.22. The Morgan fingerprint density at radius 1 is 1.21 bits per heavy atom. The predicted molar refractivity (Wildman–Crippen MR) is 68.7 cm³/mol. The molecule has 1 heterocycles. The Morgan fingerprint density at radius 2 is 2.05 bits per heavy atom. The highest BCUT2D eigenvalue weighted by Gasteiger charge is 2.07. The number of hydrogen-bond donors (Lipinski definition) is 1. The van der Waals surface area contributed by atoms with E-state index in [0.717, 1.165) is 11.3 Å². The van der Waals surface area contributed by atoms with Crippen LogP contribution in [0.3, 0.4) is 0 Å². The fourth-order valence-corrected chi connectivity index (χ4v) is 1.53. The van der Waals surface area contributed by atoms with Gasteiger partial charge in [0.1, 0.15) is 18.1 Å². The van der Waals surface area contributed by atoms with Gasteiger partial charge in [-0.25, -0.2) is 4.79 Å². The van der Waals surface area contributed by atoms with Crippen LogP contribution in [0.2, 0.25) is 0 Å². The first-order chi connectivity index (χ1) is 9.29. The number of hydrogen-bond acceptors (Lipinski definition) is 4. The Balaban J connectivity index is 1.93. The smallest absolute Gasteiger partial charge is 0.412 e. The second-order valence-electron chi connectivity index (χ2n) is 3.82. The lowest BCUT2D eigenvalue weighted by Gasteiger charge is -2.09. The Bertz CT molecular complexity index is 522. The maximum absolute atomic E-state index is 11.2. The van der Waals surface area contributed by atoms with Gasteiger partial charge in [-0.3, -0.25) is 0 Å². The molecule has 100 valence electrons. The standard InChI is InChI=1S/C14H15NO4/c1-15-14(16)19-13-7-3-2-5-11(13)9-17-10-12-6-4-8-18-12/h2-8H,9-10H2,1H3,(H,15,16). The van der Waals surface area contributed by atoms with E-state index in [1.807, 2.05) is 18.2 Å². The maximum atomic E-state index is 11.2. The summed E-state index contributed by atoms with van der Waals surface area (Å²) in [5.74, 6) is 1.24. The average molecular weight is 261 g/mol. The van der Waals surface area contributed by atoms with E-state index in [-0.39, 0.29) is 0 Å². The number of carbonyl (C=O) groups is 1. The number of rotatable bonds is 5. The lowest BCUT2D eigenvalue weighted by molar-refractivity contribution is 0.0914. The first kappa shape index (κ1) is 13.2. The van der Waals surface area contributed by atoms with Gasteiger partial charge in [-0.05, 0) is 18.2 Å². The van der Waals surface area contributed by atoms with Gasteiger partial charge in [0.25, 0.3) is 0 Å². The number of para-hydroxylation sites is 1. The minimum atomic E-state index is -0.501. The third kappa shape index (κ3) is 3.86. The summed E-state index contributed by atoms with van der Waals surface area (Å²) in [6.07, 6.45) is 1.10. The van der Waals surface area contributed by atoms with E-state index in [9.17, 15) is 4.79 Å². The van der Waals surface area contributed by atoms with E-state index in [2.05, 4.69) is 5.32 Å². The zero-order valence-corrected chi connectivity index (χ0v) is 10.6. The van der Waals surface area contributed by atoms with Crippen LogP contribution in [0, 0.1) is 0 Å². The molecule has 0 saturated carbocycles. The molecule has 0 atom stereocenters. The molecular formula is C14H15NO4. The number of benzene rings is 1. The summed E-state index contributed by atoms with van der Waals surface area (Å²) >= 11 is 0. The molecule has 2 aromatic rings. The largest absolute Gasteiger partial charge is 0.467 e. The number of nitrogens with one attached hydrogen (secondary N) is 1. The van der Waals surface area contributed by atoms with Crippen LogP contribution >= 0.6 is 0 Å². The Kier molecular flexibility index (Phi) is 4.58. The zero-order chi connectivity index (χ0) is 13.5. The van der Waals surface area contributed by atoms with Gasteiger partial charge >= 0.3 is 6.09 Å². The third-order valence-electron chi connectivity index (χ3n) is 2.46. The highest BCUT2D eigenvalue weighted by atomic mass is 16.6. The van der Waals surface area contributed by atoms with Crippen LogP contribution < -0.4 is 10.1 Å². The Hall–Kier alpha value is -2.27. The van der Waals surface area contributed by atoms with Crippen molar-refractivity contribution in [2.24, 2.45) is 0 Å². The van der Waals surface area contributed by atoms with Crippen LogP contribution in [0.25, 0.3) is 0 Å². The molecule has 0 aliphatic rings. The van der Waals surface area contributed by atoms with Gasteiger partial charge in [-0.2, -0.15) is 0 Å². The fraction of sp³-hybridized carbons (Fsp3) is 0.214. The van der Waals surface area contributed by atoms with Crippen LogP contribution in [0.1, 0.15) is 11.3 Å². The summed E-state index contributed by atoms with van der Waals surface area (Å²) in [5.41, 5.74) is 0.803. The van der Waals surface area contributed by atoms with Crippen molar-refractivity contribution in [1.82, 2.24) is 5.32 Å². The Morgan fingerprint density at radius 3 is 2.79 bits per heavy atom. The van der Waals surface area contributed by atoms with E-state index in [4.69, 9.17) is 13.9 Å². The molecule has 0 aliphatic carbocycles. The predicted octanol–water partition coefficient (Wildman–Crippen LogP) is 2.71. The van der Waals surface area contributed by atoms with Gasteiger partial charge in [-0.15, -0.1) is 0 Å². The minimum absolute atomic E-state index is 0.341. The summed E-state index contributed by atoms with van der Waals surface area (Å²) in [4.78, 5) is 11.2. The summed E-state index contributed by atoms with van der Waals surface area (Å²) in [7, 11) is 1.51. The second kappa shape index (κ2) is 6.61. The fourth-order valence-electron chi connectivity index (χ4n) is 1.53. The van der Waals surface area contributed by atoms with Crippen molar-refractivity contribution in [2.75, 3.05) is 7.05 Å². The van der Waals surface area contributed by atoms with Crippen LogP contribution in [0.5, 0.6) is 5.75 Å². The zero-order valence-electron chi connectivity index (χ0n) is 10.6. The summed E-state index contributed by atoms with van der Waals surface area (Å²) < 4.78 is 15.8. The molecule has 0 bridgehead atoms. The highest BCUT2D eigenvalue weighted by Crippen LogP contribution is 2.19. The molecule has 0 saturated heterocycles. The van der Waals surface area contributed by atoms with Crippen molar-refractivity contribution in [2.45, 2.75) is 13.2 Å². The van der Waals surface area contributed by atoms with Crippen molar-refractivity contribution in [3.63, 3.8) is 0 Å². The maximum Gasteiger partial charge on any atom is 0.412 e. The van der Waals surface area contributed by atoms with E-state index in [1.165, 1.54) is 7.05 Å². The molecule has 2 rings (SSSR count). The minimum Gasteiger partial charge on any atom is -0.467 e. The van der Waals surface area contributed by atoms with Gasteiger partial charge in [0, 0.05) is 12.6 Å². The van der Waals surface area contributed by atoms with Crippen molar-refractivity contribution >= 4 is 6.09 Å². The SMILES string of the molecule is CNC(=O)Oc1ccccc1COCc1ccco1. The molecule has 1 aromatic carbocycles. The van der Waals surface area contributed by atoms with E-state index < -0.39 is 6.09 Å². The molecular weight excluding hydrogens is 246 g/mol. The molecule has 0 spiro atoms. The van der Waals surface area contributed by atoms with Crippen LogP contribution in [0.15, 0.2) is 47.1 Å². The molecule has 0 fully saturated rings. The number of ether oxygens (including phenoxy) is 2. The van der Waals surface area contributed by atoms with Crippen molar-refractivity contribution in [1.29, 1.82) is 0 Å². The molecule has 0 aliphatic heterocycles. The number of carbonyl (C=O) groups excluding carboxylic acids is 1. The molecule has 5 heteroatoms. The van der Waals surface area contributed by atoms with E-state index in [0.29, 0.717) is 19.0 Å². The van der Waals surface area contributed by atoms with Crippen LogP contribution in [-0.2, 0) is 18.0 Å². The first-order valence-corrected chi connectivity index (χ1v) is 5.87. The molecule has 0 unspecified atom stereocenters. The topological polar surface area (TPSA) is 60.7 Å². The van der Waals surface area contributed by atoms with Gasteiger partial charge in [0.15, 0.2) is 0 Å². The summed E-state index contributed by atoms with van der Waals surface area (Å²) in [6.45, 7) is 0.717. The average Bonchev–Trinajstić information content (AvgIpc) is 2.94. The summed E-state index contributed by atoms with van der Waals surface area (Å²) in [6, 6.07) is 10.9. The van der Waals surface area contributed by atoms with Crippen molar-refractivity contribution in [3.05, 3.63) is 54.0 Å². The van der Waals surface area contributed by atoms with Gasteiger partial charge in [0.05, 0.1) is 12.9 Å². The van der Waals surface area contributed by atoms with Crippen LogP contribution in [0.4, 0.5) is 4.79 Å². The van der Waals surface area contributed by atoms with Gasteiger partial charge in [-0.1, -0.05) is 18.2 Å². The first-order valence-electron chi connectivity index (χ1n) is 5.87. The molecule has 1 amide bonds. The van der Waals surface area contributed by atoms with Crippen molar-refractivity contribution in [3.8, 4) is 5.75 Å². The highest BCUT2D eigenvalue weighted by molar-refractivity contribution is 5.70. The summed E-state index contributed by atoms with van der Waals surface area (Å²) in [5, 5.41) is 2.40. The number of furan rings is 1. The molecule has 1 aromatic heterocycles. The second-order valence-corrected chi connectivity index (χ2v) is 3.82. The van der Waals surface area contributed by atoms with Gasteiger partial charge in [0.2, 0.25) is 0 Å². The molecule has 5 nitrogen and oxygen atoms in total. The normalized spacial score (nSPS) is 10.2. The van der Waals surface area contributed by atoms with E-state index in [1.54, 1.807) is 24.5 Å². The number of amides is 1. The lowest BCUT2D eigenvalue weighted by atomic mass is 10.2. The van der Waals surface area contributed by atoms with Crippen molar-refractivity contribution < 1.29 is 18.7 Å². The van der Waals surface area contributed by atoms with Crippen LogP contribution in [-0.4, -0.2) is 13.1 Å². The molecule has 19 heavy (non-hydrogen) atoms. The quantitative estimate of drug-likeness (QED) is 0.899. The van der Waals surface area contributed by atoms with E-state index >= 15 is 0 Å². The van der Waals surface area contributed by atoms with Gasteiger partial charge < -0.3 is 19.2 Å². The molecule has 0 radical (unpaired) electrons. The Labute approximate surface area is 111 Å².